The third kappa shape index (κ3) is 2.98. The van der Waals surface area contributed by atoms with Gasteiger partial charge in [0.05, 0.1) is 0 Å². The van der Waals surface area contributed by atoms with E-state index in [-0.39, 0.29) is 12.8 Å². The minimum absolute atomic E-state index is 0.281. The number of halogens is 6. The van der Waals surface area contributed by atoms with E-state index >= 15 is 0 Å². The quantitative estimate of drug-likeness (QED) is 0.241. The number of hydrogen-bond donors (Lipinski definition) is 3. The molecular weight excluding hydrogens is 268 g/mol. The summed E-state index contributed by atoms with van der Waals surface area (Å²) in [5, 5.41) is 12.2. The lowest BCUT2D eigenvalue weighted by molar-refractivity contribution is -0.176. The van der Waals surface area contributed by atoms with Crippen LogP contribution in [0.25, 0.3) is 0 Å². The summed E-state index contributed by atoms with van der Waals surface area (Å²) in [5.74, 6) is -3.63. The van der Waals surface area contributed by atoms with Crippen molar-refractivity contribution < 1.29 is 31.5 Å². The molecule has 1 atom stereocenters. The van der Waals surface area contributed by atoms with E-state index in [1.54, 1.807) is 0 Å². The van der Waals surface area contributed by atoms with Gasteiger partial charge in [0.25, 0.3) is 0 Å². The number of alkyl halides is 6. The van der Waals surface area contributed by atoms with Crippen LogP contribution in [0, 0.1) is 5.92 Å². The molecule has 0 spiro atoms. The zero-order chi connectivity index (χ0) is 14.2. The molecule has 4 N–H and O–H groups in total. The van der Waals surface area contributed by atoms with E-state index < -0.39 is 36.2 Å². The van der Waals surface area contributed by atoms with E-state index in [0.29, 0.717) is 0 Å². The van der Waals surface area contributed by atoms with Gasteiger partial charge in [-0.05, 0) is 12.8 Å². The molecule has 18 heavy (non-hydrogen) atoms. The highest BCUT2D eigenvalue weighted by Crippen LogP contribution is 2.49. The highest BCUT2D eigenvalue weighted by Gasteiger charge is 2.63. The van der Waals surface area contributed by atoms with Gasteiger partial charge in [-0.2, -0.15) is 26.3 Å². The van der Waals surface area contributed by atoms with Crippen molar-refractivity contribution in [1.82, 2.24) is 5.32 Å². The molecule has 0 heterocycles. The van der Waals surface area contributed by atoms with Crippen LogP contribution in [0.15, 0.2) is 5.16 Å². The molecule has 0 amide bonds. The first kappa shape index (κ1) is 14.9. The number of rotatable bonds is 4. The molecular formula is C8H11F6N3O. The molecule has 106 valence electrons. The number of nitrogens with two attached hydrogens (primary N) is 1. The summed E-state index contributed by atoms with van der Waals surface area (Å²) < 4.78 is 74.8. The van der Waals surface area contributed by atoms with Gasteiger partial charge in [-0.25, -0.2) is 0 Å². The molecule has 1 aliphatic rings. The lowest BCUT2D eigenvalue weighted by atomic mass is 10.1. The maximum absolute atomic E-state index is 12.5. The zero-order valence-corrected chi connectivity index (χ0v) is 8.94. The van der Waals surface area contributed by atoms with Gasteiger partial charge in [0.2, 0.25) is 0 Å². The van der Waals surface area contributed by atoms with Gasteiger partial charge in [0, 0.05) is 6.54 Å². The molecule has 4 nitrogen and oxygen atoms in total. The third-order valence-electron chi connectivity index (χ3n) is 2.80. The van der Waals surface area contributed by atoms with E-state index in [1.807, 2.05) is 5.32 Å². The van der Waals surface area contributed by atoms with Crippen LogP contribution in [0.3, 0.4) is 0 Å². The number of nitrogens with zero attached hydrogens (tertiary/aromatic N) is 1. The molecule has 10 heteroatoms. The maximum atomic E-state index is 12.5. The van der Waals surface area contributed by atoms with Crippen molar-refractivity contribution in [2.75, 3.05) is 6.54 Å². The van der Waals surface area contributed by atoms with E-state index in [0.717, 1.165) is 0 Å². The lowest BCUT2D eigenvalue weighted by Gasteiger charge is -2.25. The van der Waals surface area contributed by atoms with E-state index in [1.165, 1.54) is 0 Å². The Kier molecular flexibility index (Phi) is 3.70. The number of hydrogen-bond acceptors (Lipinski definition) is 3. The summed E-state index contributed by atoms with van der Waals surface area (Å²) in [5.41, 5.74) is 2.55. The molecule has 0 aromatic carbocycles. The van der Waals surface area contributed by atoms with Gasteiger partial charge in [-0.15, -0.1) is 0 Å². The van der Waals surface area contributed by atoms with Gasteiger partial charge in [0.15, 0.2) is 5.84 Å². The van der Waals surface area contributed by atoms with E-state index in [2.05, 4.69) is 5.16 Å². The normalized spacial score (nSPS) is 21.8. The summed E-state index contributed by atoms with van der Waals surface area (Å²) in [4.78, 5) is 0. The van der Waals surface area contributed by atoms with E-state index in [9.17, 15) is 26.3 Å². The van der Waals surface area contributed by atoms with Crippen molar-refractivity contribution >= 4 is 5.84 Å². The Balaban J connectivity index is 2.71. The summed E-state index contributed by atoms with van der Waals surface area (Å²) in [6, 6.07) is 0. The predicted octanol–water partition coefficient (Wildman–Crippen LogP) is 1.60. The Bertz CT molecular complexity index is 333. The van der Waals surface area contributed by atoms with E-state index in [4.69, 9.17) is 10.9 Å². The Morgan fingerprint density at radius 2 is 1.78 bits per heavy atom. The fourth-order valence-corrected chi connectivity index (χ4v) is 1.44. The molecule has 0 bridgehead atoms. The Morgan fingerprint density at radius 3 is 2.06 bits per heavy atom. The fraction of sp³-hybridized carbons (Fsp3) is 0.875. The Labute approximate surface area is 97.8 Å². The van der Waals surface area contributed by atoms with Gasteiger partial charge in [-0.3, -0.25) is 0 Å². The molecule has 1 fully saturated rings. The minimum atomic E-state index is -4.88. The van der Waals surface area contributed by atoms with Crippen LogP contribution in [-0.4, -0.2) is 35.5 Å². The molecule has 0 aromatic rings. The summed E-state index contributed by atoms with van der Waals surface area (Å²) in [7, 11) is 0. The summed E-state index contributed by atoms with van der Waals surface area (Å²) in [6.07, 6.45) is -10.1. The largest absolute Gasteiger partial charge is 0.409 e. The average Bonchev–Trinajstić information content (AvgIpc) is 2.95. The molecule has 0 saturated heterocycles. The number of nitrogens with one attached hydrogen (secondary N) is 1. The van der Waals surface area contributed by atoms with Crippen LogP contribution in [0.5, 0.6) is 0 Å². The summed E-state index contributed by atoms with van der Waals surface area (Å²) in [6.45, 7) is -1.08. The zero-order valence-electron chi connectivity index (χ0n) is 8.94. The minimum Gasteiger partial charge on any atom is -0.409 e. The van der Waals surface area contributed by atoms with Crippen LogP contribution in [0.4, 0.5) is 26.3 Å². The van der Waals surface area contributed by atoms with Crippen molar-refractivity contribution in [3.63, 3.8) is 0 Å². The lowest BCUT2D eigenvalue weighted by Crippen LogP contribution is -2.51. The molecule has 1 unspecified atom stereocenters. The van der Waals surface area contributed by atoms with Crippen molar-refractivity contribution in [3.8, 4) is 0 Å². The molecule has 0 aliphatic heterocycles. The summed E-state index contributed by atoms with van der Waals surface area (Å²) >= 11 is 0. The van der Waals surface area contributed by atoms with Crippen LogP contribution < -0.4 is 11.1 Å². The highest BCUT2D eigenvalue weighted by molar-refractivity contribution is 5.83. The first-order chi connectivity index (χ1) is 8.03. The average molecular weight is 279 g/mol. The van der Waals surface area contributed by atoms with Crippen molar-refractivity contribution in [1.29, 1.82) is 0 Å². The molecule has 0 radical (unpaired) electrons. The highest BCUT2D eigenvalue weighted by atomic mass is 19.4. The topological polar surface area (TPSA) is 70.6 Å². The van der Waals surface area contributed by atoms with Crippen LogP contribution in [0.2, 0.25) is 0 Å². The van der Waals surface area contributed by atoms with Gasteiger partial charge >= 0.3 is 12.4 Å². The predicted molar refractivity (Wildman–Crippen MR) is 49.0 cm³/mol. The maximum Gasteiger partial charge on any atom is 0.406 e. The van der Waals surface area contributed by atoms with Gasteiger partial charge in [0.1, 0.15) is 11.5 Å². The first-order valence-corrected chi connectivity index (χ1v) is 4.89. The third-order valence-corrected chi connectivity index (χ3v) is 2.80. The molecule has 1 aliphatic carbocycles. The second-order valence-corrected chi connectivity index (χ2v) is 4.08. The molecule has 0 aromatic heterocycles. The number of oxime groups is 1. The first-order valence-electron chi connectivity index (χ1n) is 4.89. The second-order valence-electron chi connectivity index (χ2n) is 4.08. The van der Waals surface area contributed by atoms with Crippen molar-refractivity contribution in [2.45, 2.75) is 30.7 Å². The number of amidine groups is 1. The van der Waals surface area contributed by atoms with Gasteiger partial charge < -0.3 is 16.3 Å². The Hall–Kier alpha value is -1.19. The van der Waals surface area contributed by atoms with Gasteiger partial charge in [-0.1, -0.05) is 5.16 Å². The second kappa shape index (κ2) is 4.48. The monoisotopic (exact) mass is 279 g/mol. The smallest absolute Gasteiger partial charge is 0.406 e. The van der Waals surface area contributed by atoms with Crippen LogP contribution in [-0.2, 0) is 0 Å². The molecule has 1 rings (SSSR count). The Morgan fingerprint density at radius 1 is 1.28 bits per heavy atom. The molecule has 1 saturated carbocycles. The SMILES string of the molecule is NC(=NO)C(CNC1(C(F)(F)F)CC1)C(F)(F)F. The standard InChI is InChI=1S/C8H11F6N3O/c9-7(10,11)4(5(15)17-18)3-16-6(1-2-6)8(12,13)14/h4,16,18H,1-3H2,(H2,15,17). The fourth-order valence-electron chi connectivity index (χ4n) is 1.44. The van der Waals surface area contributed by atoms with Crippen LogP contribution in [0.1, 0.15) is 12.8 Å². The van der Waals surface area contributed by atoms with Crippen molar-refractivity contribution in [3.05, 3.63) is 0 Å². The van der Waals surface area contributed by atoms with Crippen molar-refractivity contribution in [2.24, 2.45) is 16.8 Å². The van der Waals surface area contributed by atoms with Crippen LogP contribution >= 0.6 is 0 Å².